The van der Waals surface area contributed by atoms with Gasteiger partial charge in [-0.1, -0.05) is 25.3 Å². The fraction of sp³-hybridized carbons (Fsp3) is 0.609. The summed E-state index contributed by atoms with van der Waals surface area (Å²) < 4.78 is 11.4. The molecule has 30 heavy (non-hydrogen) atoms. The Morgan fingerprint density at radius 1 is 1.13 bits per heavy atom. The number of aryl methyl sites for hydroxylation is 1. The Kier molecular flexibility index (Phi) is 9.39. The SMILES string of the molecule is COc1ccc(CNCc2csc(C)n2)cc1OCC(O)CN1CCCCCCC1. The third-order valence-electron chi connectivity index (χ3n) is 5.38. The first-order valence-electron chi connectivity index (χ1n) is 11.0. The normalized spacial score (nSPS) is 16.6. The zero-order valence-corrected chi connectivity index (χ0v) is 19.0. The number of thiazole rings is 1. The molecule has 1 atom stereocenters. The molecule has 0 radical (unpaired) electrons. The molecule has 1 aliphatic rings. The number of aliphatic hydroxyl groups is 1. The highest BCUT2D eigenvalue weighted by molar-refractivity contribution is 7.09. The summed E-state index contributed by atoms with van der Waals surface area (Å²) in [5.41, 5.74) is 2.17. The highest BCUT2D eigenvalue weighted by Gasteiger charge is 2.15. The Morgan fingerprint density at radius 2 is 1.90 bits per heavy atom. The average Bonchev–Trinajstić information content (AvgIpc) is 3.13. The van der Waals surface area contributed by atoms with Crippen molar-refractivity contribution in [1.82, 2.24) is 15.2 Å². The van der Waals surface area contributed by atoms with Gasteiger partial charge in [-0.25, -0.2) is 4.98 Å². The minimum Gasteiger partial charge on any atom is -0.493 e. The number of likely N-dealkylation sites (tertiary alicyclic amines) is 1. The van der Waals surface area contributed by atoms with Gasteiger partial charge in [-0.2, -0.15) is 0 Å². The van der Waals surface area contributed by atoms with Crippen LogP contribution in [0.15, 0.2) is 23.6 Å². The summed E-state index contributed by atoms with van der Waals surface area (Å²) in [7, 11) is 1.64. The van der Waals surface area contributed by atoms with E-state index in [1.165, 1.54) is 32.1 Å². The number of ether oxygens (including phenoxy) is 2. The van der Waals surface area contributed by atoms with Gasteiger partial charge in [0.05, 0.1) is 17.8 Å². The first kappa shape index (κ1) is 23.0. The van der Waals surface area contributed by atoms with Crippen molar-refractivity contribution in [2.75, 3.05) is 33.4 Å². The number of nitrogens with zero attached hydrogens (tertiary/aromatic N) is 2. The predicted molar refractivity (Wildman–Crippen MR) is 121 cm³/mol. The number of nitrogens with one attached hydrogen (secondary N) is 1. The minimum absolute atomic E-state index is 0.266. The van der Waals surface area contributed by atoms with Crippen LogP contribution < -0.4 is 14.8 Å². The first-order valence-corrected chi connectivity index (χ1v) is 11.8. The molecule has 2 heterocycles. The lowest BCUT2D eigenvalue weighted by molar-refractivity contribution is 0.0644. The standard InChI is InChI=1S/C23H35N3O3S/c1-18-25-20(17-30-18)14-24-13-19-8-9-22(28-2)23(12-19)29-16-21(27)15-26-10-6-4-3-5-7-11-26/h8-9,12,17,21,24,27H,3-7,10-11,13-16H2,1-2H3. The first-order chi connectivity index (χ1) is 14.6. The van der Waals surface area contributed by atoms with Crippen molar-refractivity contribution in [1.29, 1.82) is 0 Å². The maximum absolute atomic E-state index is 10.5. The number of methoxy groups -OCH3 is 1. The largest absolute Gasteiger partial charge is 0.493 e. The topological polar surface area (TPSA) is 66.8 Å². The van der Waals surface area contributed by atoms with E-state index < -0.39 is 6.10 Å². The van der Waals surface area contributed by atoms with Crippen LogP contribution in [0.1, 0.15) is 48.4 Å². The van der Waals surface area contributed by atoms with Crippen molar-refractivity contribution in [2.24, 2.45) is 0 Å². The van der Waals surface area contributed by atoms with Gasteiger partial charge in [-0.05, 0) is 50.6 Å². The van der Waals surface area contributed by atoms with E-state index in [0.29, 0.717) is 24.6 Å². The maximum Gasteiger partial charge on any atom is 0.161 e. The van der Waals surface area contributed by atoms with E-state index in [2.05, 4.69) is 20.6 Å². The molecule has 166 valence electrons. The van der Waals surface area contributed by atoms with Crippen molar-refractivity contribution in [3.05, 3.63) is 39.8 Å². The molecule has 2 aromatic rings. The smallest absolute Gasteiger partial charge is 0.161 e. The van der Waals surface area contributed by atoms with Gasteiger partial charge in [0.1, 0.15) is 12.7 Å². The summed E-state index contributed by atoms with van der Waals surface area (Å²) in [6, 6.07) is 5.94. The van der Waals surface area contributed by atoms with Crippen LogP contribution in [0.3, 0.4) is 0 Å². The van der Waals surface area contributed by atoms with Gasteiger partial charge in [0.25, 0.3) is 0 Å². The van der Waals surface area contributed by atoms with Crippen molar-refractivity contribution in [3.8, 4) is 11.5 Å². The Bertz CT molecular complexity index is 760. The Labute approximate surface area is 184 Å². The predicted octanol–water partition coefficient (Wildman–Crippen LogP) is 3.76. The number of rotatable bonds is 10. The van der Waals surface area contributed by atoms with E-state index in [9.17, 15) is 5.11 Å². The van der Waals surface area contributed by atoms with Gasteiger partial charge in [0.2, 0.25) is 0 Å². The zero-order valence-electron chi connectivity index (χ0n) is 18.2. The Balaban J connectivity index is 1.48. The Morgan fingerprint density at radius 3 is 2.60 bits per heavy atom. The second kappa shape index (κ2) is 12.2. The lowest BCUT2D eigenvalue weighted by Crippen LogP contribution is -2.37. The molecule has 7 heteroatoms. The third-order valence-corrected chi connectivity index (χ3v) is 6.20. The molecule has 1 fully saturated rings. The number of β-amino-alcohol motifs (C(OH)–C–C–N with tert-alkyl or cyclic N) is 1. The van der Waals surface area contributed by atoms with Crippen LogP contribution in [0.4, 0.5) is 0 Å². The summed E-state index contributed by atoms with van der Waals surface area (Å²) >= 11 is 1.67. The fourth-order valence-electron chi connectivity index (χ4n) is 3.80. The quantitative estimate of drug-likeness (QED) is 0.595. The third kappa shape index (κ3) is 7.54. The van der Waals surface area contributed by atoms with Gasteiger partial charge >= 0.3 is 0 Å². The second-order valence-corrected chi connectivity index (χ2v) is 9.04. The number of benzene rings is 1. The zero-order chi connectivity index (χ0) is 21.2. The van der Waals surface area contributed by atoms with Crippen LogP contribution in [0, 0.1) is 6.92 Å². The lowest BCUT2D eigenvalue weighted by atomic mass is 10.1. The molecular formula is C23H35N3O3S. The minimum atomic E-state index is -0.510. The van der Waals surface area contributed by atoms with Gasteiger partial charge in [-0.15, -0.1) is 11.3 Å². The van der Waals surface area contributed by atoms with E-state index in [4.69, 9.17) is 9.47 Å². The highest BCUT2D eigenvalue weighted by atomic mass is 32.1. The Hall–Kier alpha value is -1.67. The highest BCUT2D eigenvalue weighted by Crippen LogP contribution is 2.28. The fourth-order valence-corrected chi connectivity index (χ4v) is 4.41. The molecule has 1 unspecified atom stereocenters. The molecule has 1 aromatic carbocycles. The second-order valence-electron chi connectivity index (χ2n) is 7.98. The summed E-state index contributed by atoms with van der Waals surface area (Å²) in [6.07, 6.45) is 5.86. The van der Waals surface area contributed by atoms with Crippen LogP contribution >= 0.6 is 11.3 Å². The molecular weight excluding hydrogens is 398 g/mol. The summed E-state index contributed by atoms with van der Waals surface area (Å²) in [4.78, 5) is 6.84. The van der Waals surface area contributed by atoms with E-state index in [0.717, 1.165) is 35.9 Å². The molecule has 1 aliphatic heterocycles. The maximum atomic E-state index is 10.5. The van der Waals surface area contributed by atoms with Crippen molar-refractivity contribution < 1.29 is 14.6 Å². The monoisotopic (exact) mass is 433 g/mol. The van der Waals surface area contributed by atoms with Crippen LogP contribution in [-0.2, 0) is 13.1 Å². The molecule has 0 amide bonds. The van der Waals surface area contributed by atoms with Gasteiger partial charge in [-0.3, -0.25) is 0 Å². The summed E-state index contributed by atoms with van der Waals surface area (Å²) in [5, 5.41) is 17.1. The molecule has 0 bridgehead atoms. The van der Waals surface area contributed by atoms with E-state index >= 15 is 0 Å². The van der Waals surface area contributed by atoms with Crippen LogP contribution in [0.25, 0.3) is 0 Å². The lowest BCUT2D eigenvalue weighted by Gasteiger charge is -2.26. The van der Waals surface area contributed by atoms with E-state index in [1.807, 2.05) is 25.1 Å². The van der Waals surface area contributed by atoms with Crippen molar-refractivity contribution in [2.45, 2.75) is 58.2 Å². The number of hydrogen-bond acceptors (Lipinski definition) is 7. The number of aromatic nitrogens is 1. The number of aliphatic hydroxyl groups excluding tert-OH is 1. The van der Waals surface area contributed by atoms with Crippen LogP contribution in [-0.4, -0.2) is 54.4 Å². The van der Waals surface area contributed by atoms with Crippen molar-refractivity contribution >= 4 is 11.3 Å². The van der Waals surface area contributed by atoms with Gasteiger partial charge in [0, 0.05) is 25.0 Å². The van der Waals surface area contributed by atoms with Gasteiger partial charge in [0.15, 0.2) is 11.5 Å². The van der Waals surface area contributed by atoms with Crippen LogP contribution in [0.5, 0.6) is 11.5 Å². The van der Waals surface area contributed by atoms with Crippen LogP contribution in [0.2, 0.25) is 0 Å². The molecule has 2 N–H and O–H groups in total. The summed E-state index contributed by atoms with van der Waals surface area (Å²) in [5.74, 6) is 1.36. The molecule has 6 nitrogen and oxygen atoms in total. The number of hydrogen-bond donors (Lipinski definition) is 2. The molecule has 3 rings (SSSR count). The molecule has 0 aliphatic carbocycles. The molecule has 1 aromatic heterocycles. The summed E-state index contributed by atoms with van der Waals surface area (Å²) in [6.45, 7) is 6.54. The average molecular weight is 434 g/mol. The van der Waals surface area contributed by atoms with Gasteiger partial charge < -0.3 is 24.8 Å². The van der Waals surface area contributed by atoms with Crippen molar-refractivity contribution in [3.63, 3.8) is 0 Å². The molecule has 0 spiro atoms. The van der Waals surface area contributed by atoms with E-state index in [-0.39, 0.29) is 6.61 Å². The van der Waals surface area contributed by atoms with E-state index in [1.54, 1.807) is 18.4 Å². The molecule has 0 saturated carbocycles. The molecule has 1 saturated heterocycles.